The van der Waals surface area contributed by atoms with E-state index in [4.69, 9.17) is 32.7 Å². The highest BCUT2D eigenvalue weighted by molar-refractivity contribution is 9.10. The first-order valence-corrected chi connectivity index (χ1v) is 14.3. The number of hydrogen-bond acceptors (Lipinski definition) is 4. The second-order valence-corrected chi connectivity index (χ2v) is 11.1. The Bertz CT molecular complexity index is 1330. The number of carbonyl (C=O) groups is 1. The third kappa shape index (κ3) is 6.73. The first-order valence-electron chi connectivity index (χ1n) is 12.8. The zero-order chi connectivity index (χ0) is 26.5. The lowest BCUT2D eigenvalue weighted by Crippen LogP contribution is -2.39. The summed E-state index contributed by atoms with van der Waals surface area (Å²) >= 11 is 15.8. The van der Waals surface area contributed by atoms with Gasteiger partial charge in [-0.25, -0.2) is 0 Å². The minimum Gasteiger partial charge on any atom is -0.490 e. The van der Waals surface area contributed by atoms with Crippen LogP contribution in [0.5, 0.6) is 11.5 Å². The summed E-state index contributed by atoms with van der Waals surface area (Å²) in [5, 5.41) is 4.48. The SMILES string of the molecule is O=C(C1=C(c2ccc(OCCOc3cc(Cl)ccc3Cl)cc2)CCNC1)N(Cc1ccccc1Br)C1CC1. The van der Waals surface area contributed by atoms with Gasteiger partial charge in [-0.05, 0) is 72.8 Å². The highest BCUT2D eigenvalue weighted by Gasteiger charge is 2.35. The smallest absolute Gasteiger partial charge is 0.251 e. The lowest BCUT2D eigenvalue weighted by Gasteiger charge is -2.28. The van der Waals surface area contributed by atoms with Crippen molar-refractivity contribution in [3.05, 3.63) is 97.9 Å². The van der Waals surface area contributed by atoms with Crippen LogP contribution in [0.1, 0.15) is 30.4 Å². The summed E-state index contributed by atoms with van der Waals surface area (Å²) in [4.78, 5) is 15.9. The van der Waals surface area contributed by atoms with Crippen molar-refractivity contribution >= 4 is 50.6 Å². The molecule has 8 heteroatoms. The number of benzene rings is 3. The number of rotatable bonds is 10. The maximum Gasteiger partial charge on any atom is 0.251 e. The van der Waals surface area contributed by atoms with E-state index < -0.39 is 0 Å². The highest BCUT2D eigenvalue weighted by Crippen LogP contribution is 2.34. The van der Waals surface area contributed by atoms with Gasteiger partial charge in [-0.15, -0.1) is 0 Å². The minimum atomic E-state index is 0.127. The van der Waals surface area contributed by atoms with Crippen LogP contribution in [0, 0.1) is 0 Å². The van der Waals surface area contributed by atoms with Crippen LogP contribution in [0.3, 0.4) is 0 Å². The van der Waals surface area contributed by atoms with Gasteiger partial charge in [-0.1, -0.05) is 69.5 Å². The Morgan fingerprint density at radius 2 is 1.76 bits per heavy atom. The summed E-state index contributed by atoms with van der Waals surface area (Å²) in [5.41, 5.74) is 4.15. The Morgan fingerprint density at radius 3 is 2.53 bits per heavy atom. The Morgan fingerprint density at radius 1 is 1.00 bits per heavy atom. The molecule has 1 N–H and O–H groups in total. The minimum absolute atomic E-state index is 0.127. The van der Waals surface area contributed by atoms with Crippen molar-refractivity contribution < 1.29 is 14.3 Å². The molecule has 0 atom stereocenters. The number of carbonyl (C=O) groups excluding carboxylic acids is 1. The number of hydrogen-bond donors (Lipinski definition) is 1. The molecule has 38 heavy (non-hydrogen) atoms. The van der Waals surface area contributed by atoms with E-state index in [-0.39, 0.29) is 5.91 Å². The fraction of sp³-hybridized carbons (Fsp3) is 0.300. The standard InChI is InChI=1S/C30H29BrCl2N2O3/c31-27-4-2-1-3-21(27)19-35(23-8-9-23)30(36)26-18-34-14-13-25(26)20-5-10-24(11-6-20)37-15-16-38-29-17-22(32)7-12-28(29)33/h1-7,10-12,17,23,34H,8-9,13-16,18-19H2. The van der Waals surface area contributed by atoms with Crippen LogP contribution >= 0.6 is 39.1 Å². The average molecular weight is 616 g/mol. The van der Waals surface area contributed by atoms with Crippen molar-refractivity contribution in [3.8, 4) is 11.5 Å². The highest BCUT2D eigenvalue weighted by atomic mass is 79.9. The van der Waals surface area contributed by atoms with E-state index >= 15 is 0 Å². The zero-order valence-electron chi connectivity index (χ0n) is 20.9. The van der Waals surface area contributed by atoms with Crippen LogP contribution in [0.15, 0.2) is 76.8 Å². The average Bonchev–Trinajstić information content (AvgIpc) is 3.78. The van der Waals surface area contributed by atoms with Crippen LogP contribution in [0.2, 0.25) is 10.0 Å². The lowest BCUT2D eigenvalue weighted by atomic mass is 9.93. The van der Waals surface area contributed by atoms with E-state index in [1.165, 1.54) is 0 Å². The fourth-order valence-corrected chi connectivity index (χ4v) is 5.34. The van der Waals surface area contributed by atoms with Crippen molar-refractivity contribution in [2.75, 3.05) is 26.3 Å². The summed E-state index contributed by atoms with van der Waals surface area (Å²) in [6, 6.07) is 21.5. The van der Waals surface area contributed by atoms with E-state index in [1.807, 2.05) is 47.4 Å². The van der Waals surface area contributed by atoms with Crippen molar-refractivity contribution in [1.82, 2.24) is 10.2 Å². The van der Waals surface area contributed by atoms with Gasteiger partial charge in [0.15, 0.2) is 0 Å². The second kappa shape index (κ2) is 12.6. The molecular formula is C30H29BrCl2N2O3. The predicted molar refractivity (Wildman–Crippen MR) is 156 cm³/mol. The van der Waals surface area contributed by atoms with E-state index in [0.29, 0.717) is 48.1 Å². The van der Waals surface area contributed by atoms with Crippen LogP contribution in [0.4, 0.5) is 0 Å². The Balaban J connectivity index is 1.25. The van der Waals surface area contributed by atoms with Crippen LogP contribution in [0.25, 0.3) is 5.57 Å². The molecule has 1 fully saturated rings. The Labute approximate surface area is 241 Å². The number of ether oxygens (including phenoxy) is 2. The Kier molecular flexibility index (Phi) is 8.95. The molecule has 1 aliphatic carbocycles. The molecule has 1 saturated carbocycles. The van der Waals surface area contributed by atoms with E-state index in [0.717, 1.165) is 58.3 Å². The normalized spacial score (nSPS) is 15.3. The molecule has 3 aromatic rings. The molecule has 0 bridgehead atoms. The van der Waals surface area contributed by atoms with Gasteiger partial charge >= 0.3 is 0 Å². The first-order chi connectivity index (χ1) is 18.5. The summed E-state index contributed by atoms with van der Waals surface area (Å²) in [6.45, 7) is 2.74. The first kappa shape index (κ1) is 27.1. The maximum absolute atomic E-state index is 13.8. The molecule has 0 saturated heterocycles. The molecule has 0 aromatic heterocycles. The van der Waals surface area contributed by atoms with Crippen molar-refractivity contribution in [2.45, 2.75) is 31.8 Å². The third-order valence-corrected chi connectivity index (χ3v) is 8.05. The van der Waals surface area contributed by atoms with Gasteiger partial charge in [0, 0.05) is 40.3 Å². The van der Waals surface area contributed by atoms with E-state index in [2.05, 4.69) is 27.3 Å². The zero-order valence-corrected chi connectivity index (χ0v) is 24.0. The molecule has 0 spiro atoms. The maximum atomic E-state index is 13.8. The number of halogens is 3. The molecule has 3 aromatic carbocycles. The second-order valence-electron chi connectivity index (χ2n) is 9.44. The van der Waals surface area contributed by atoms with Gasteiger partial charge in [0.2, 0.25) is 0 Å². The summed E-state index contributed by atoms with van der Waals surface area (Å²) in [7, 11) is 0. The van der Waals surface area contributed by atoms with Gasteiger partial charge in [0.05, 0.1) is 5.02 Å². The van der Waals surface area contributed by atoms with Gasteiger partial charge in [0.1, 0.15) is 24.7 Å². The molecule has 1 amide bonds. The molecule has 1 heterocycles. The molecule has 5 rings (SSSR count). The van der Waals surface area contributed by atoms with Gasteiger partial charge in [-0.3, -0.25) is 4.79 Å². The number of nitrogens with one attached hydrogen (secondary N) is 1. The van der Waals surface area contributed by atoms with Gasteiger partial charge < -0.3 is 19.7 Å². The van der Waals surface area contributed by atoms with Gasteiger partial charge in [0.25, 0.3) is 5.91 Å². The van der Waals surface area contributed by atoms with Gasteiger partial charge in [-0.2, -0.15) is 0 Å². The fourth-order valence-electron chi connectivity index (χ4n) is 4.60. The predicted octanol–water partition coefficient (Wildman–Crippen LogP) is 7.15. The molecular weight excluding hydrogens is 587 g/mol. The van der Waals surface area contributed by atoms with E-state index in [9.17, 15) is 4.79 Å². The molecule has 0 unspecified atom stereocenters. The molecule has 2 aliphatic rings. The van der Waals surface area contributed by atoms with Crippen molar-refractivity contribution in [1.29, 1.82) is 0 Å². The Hall–Kier alpha value is -2.51. The van der Waals surface area contributed by atoms with E-state index in [1.54, 1.807) is 18.2 Å². The summed E-state index contributed by atoms with van der Waals surface area (Å²) in [5.74, 6) is 1.40. The molecule has 5 nitrogen and oxygen atoms in total. The molecule has 1 aliphatic heterocycles. The number of amides is 1. The summed E-state index contributed by atoms with van der Waals surface area (Å²) < 4.78 is 12.6. The van der Waals surface area contributed by atoms with Crippen LogP contribution in [-0.4, -0.2) is 43.2 Å². The summed E-state index contributed by atoms with van der Waals surface area (Å²) in [6.07, 6.45) is 2.93. The van der Waals surface area contributed by atoms with Crippen molar-refractivity contribution in [3.63, 3.8) is 0 Å². The monoisotopic (exact) mass is 614 g/mol. The number of nitrogens with zero attached hydrogens (tertiary/aromatic N) is 1. The largest absolute Gasteiger partial charge is 0.490 e. The quantitative estimate of drug-likeness (QED) is 0.246. The molecule has 198 valence electrons. The third-order valence-electron chi connectivity index (χ3n) is 6.73. The van der Waals surface area contributed by atoms with Crippen LogP contribution < -0.4 is 14.8 Å². The van der Waals surface area contributed by atoms with Crippen molar-refractivity contribution in [2.24, 2.45) is 0 Å². The topological polar surface area (TPSA) is 50.8 Å². The molecule has 0 radical (unpaired) electrons. The lowest BCUT2D eigenvalue weighted by molar-refractivity contribution is -0.128. The van der Waals surface area contributed by atoms with Crippen LogP contribution in [-0.2, 0) is 11.3 Å².